The zero-order valence-corrected chi connectivity index (χ0v) is 16.2. The standard InChI is InChI=1S/C21H27N3O3/c1-14(2)9-18-12-19(23(3)22-18)20(25)24-8-7-16(13-24)10-15-5-4-6-17(11-15)21(26)27/h4-6,11-12,14,16H,7-10,13H2,1-3H3,(H,26,27). The second-order valence-corrected chi connectivity index (χ2v) is 7.86. The number of aromatic nitrogens is 2. The highest BCUT2D eigenvalue weighted by Crippen LogP contribution is 2.23. The van der Waals surface area contributed by atoms with E-state index in [4.69, 9.17) is 5.11 Å². The molecule has 1 unspecified atom stereocenters. The molecular weight excluding hydrogens is 342 g/mol. The molecule has 1 aliphatic heterocycles. The predicted molar refractivity (Wildman–Crippen MR) is 103 cm³/mol. The summed E-state index contributed by atoms with van der Waals surface area (Å²) in [6.45, 7) is 5.70. The monoisotopic (exact) mass is 369 g/mol. The Kier molecular flexibility index (Phi) is 5.63. The number of carboxylic acid groups (broad SMARTS) is 1. The maximum atomic E-state index is 12.9. The Morgan fingerprint density at radius 3 is 2.78 bits per heavy atom. The summed E-state index contributed by atoms with van der Waals surface area (Å²) in [5, 5.41) is 13.6. The lowest BCUT2D eigenvalue weighted by molar-refractivity contribution is 0.0696. The fourth-order valence-corrected chi connectivity index (χ4v) is 3.76. The van der Waals surface area contributed by atoms with Crippen LogP contribution in [0.1, 0.15) is 52.4 Å². The Morgan fingerprint density at radius 2 is 2.07 bits per heavy atom. The van der Waals surface area contributed by atoms with E-state index in [1.54, 1.807) is 22.9 Å². The Morgan fingerprint density at radius 1 is 1.30 bits per heavy atom. The minimum atomic E-state index is -0.909. The maximum absolute atomic E-state index is 12.9. The van der Waals surface area contributed by atoms with E-state index in [1.165, 1.54) is 0 Å². The fraction of sp³-hybridized carbons (Fsp3) is 0.476. The van der Waals surface area contributed by atoms with Crippen LogP contribution in [0.4, 0.5) is 0 Å². The highest BCUT2D eigenvalue weighted by Gasteiger charge is 2.29. The SMILES string of the molecule is CC(C)Cc1cc(C(=O)N2CCC(Cc3cccc(C(=O)O)c3)C2)n(C)n1. The number of hydrogen-bond donors (Lipinski definition) is 1. The van der Waals surface area contributed by atoms with Crippen molar-refractivity contribution in [3.63, 3.8) is 0 Å². The topological polar surface area (TPSA) is 75.4 Å². The minimum Gasteiger partial charge on any atom is -0.478 e. The number of benzene rings is 1. The van der Waals surface area contributed by atoms with Gasteiger partial charge in [-0.25, -0.2) is 4.79 Å². The number of carbonyl (C=O) groups is 2. The molecule has 6 nitrogen and oxygen atoms in total. The van der Waals surface area contributed by atoms with E-state index in [0.29, 0.717) is 29.6 Å². The predicted octanol–water partition coefficient (Wildman–Crippen LogP) is 3.02. The molecule has 2 heterocycles. The Labute approximate surface area is 159 Å². The van der Waals surface area contributed by atoms with Gasteiger partial charge in [-0.2, -0.15) is 5.10 Å². The molecule has 2 aromatic rings. The summed E-state index contributed by atoms with van der Waals surface area (Å²) in [7, 11) is 1.82. The minimum absolute atomic E-state index is 0.0294. The van der Waals surface area contributed by atoms with Crippen LogP contribution in [0.2, 0.25) is 0 Å². The molecule has 6 heteroatoms. The summed E-state index contributed by atoms with van der Waals surface area (Å²) < 4.78 is 1.68. The van der Waals surface area contributed by atoms with E-state index in [-0.39, 0.29) is 5.91 Å². The van der Waals surface area contributed by atoms with Gasteiger partial charge in [0.25, 0.3) is 5.91 Å². The van der Waals surface area contributed by atoms with Crippen molar-refractivity contribution in [2.24, 2.45) is 18.9 Å². The van der Waals surface area contributed by atoms with Gasteiger partial charge >= 0.3 is 5.97 Å². The summed E-state index contributed by atoms with van der Waals surface area (Å²) >= 11 is 0. The van der Waals surface area contributed by atoms with E-state index in [1.807, 2.05) is 24.1 Å². The lowest BCUT2D eigenvalue weighted by Crippen LogP contribution is -2.30. The van der Waals surface area contributed by atoms with Crippen LogP contribution >= 0.6 is 0 Å². The average Bonchev–Trinajstić information content (AvgIpc) is 3.20. The molecule has 1 atom stereocenters. The zero-order valence-electron chi connectivity index (χ0n) is 16.2. The van der Waals surface area contributed by atoms with Crippen LogP contribution < -0.4 is 0 Å². The number of amides is 1. The second kappa shape index (κ2) is 7.94. The second-order valence-electron chi connectivity index (χ2n) is 7.86. The van der Waals surface area contributed by atoms with Crippen molar-refractivity contribution in [2.45, 2.75) is 33.1 Å². The van der Waals surface area contributed by atoms with Gasteiger partial charge in [0.2, 0.25) is 0 Å². The van der Waals surface area contributed by atoms with Crippen molar-refractivity contribution in [3.05, 3.63) is 52.8 Å². The first-order chi connectivity index (χ1) is 12.8. The van der Waals surface area contributed by atoms with Gasteiger partial charge in [0.15, 0.2) is 0 Å². The molecule has 144 valence electrons. The molecule has 1 aliphatic rings. The number of rotatable bonds is 6. The third-order valence-corrected chi connectivity index (χ3v) is 5.04. The Bertz CT molecular complexity index is 841. The zero-order chi connectivity index (χ0) is 19.6. The third-order valence-electron chi connectivity index (χ3n) is 5.04. The molecule has 1 aromatic heterocycles. The molecule has 1 N–H and O–H groups in total. The molecule has 27 heavy (non-hydrogen) atoms. The Balaban J connectivity index is 1.64. The van der Waals surface area contributed by atoms with Crippen molar-refractivity contribution in [3.8, 4) is 0 Å². The molecule has 1 amide bonds. The number of aromatic carboxylic acids is 1. The fourth-order valence-electron chi connectivity index (χ4n) is 3.76. The third kappa shape index (κ3) is 4.56. The molecule has 0 radical (unpaired) electrons. The molecule has 1 aromatic carbocycles. The maximum Gasteiger partial charge on any atom is 0.335 e. The van der Waals surface area contributed by atoms with E-state index in [0.717, 1.165) is 37.1 Å². The first kappa shape index (κ1) is 19.1. The van der Waals surface area contributed by atoms with Crippen molar-refractivity contribution in [1.29, 1.82) is 0 Å². The van der Waals surface area contributed by atoms with E-state index in [9.17, 15) is 9.59 Å². The lowest BCUT2D eigenvalue weighted by Gasteiger charge is -2.16. The lowest BCUT2D eigenvalue weighted by atomic mass is 9.97. The average molecular weight is 369 g/mol. The summed E-state index contributed by atoms with van der Waals surface area (Å²) in [5.41, 5.74) is 2.91. The van der Waals surface area contributed by atoms with Gasteiger partial charge in [0, 0.05) is 20.1 Å². The molecule has 1 fully saturated rings. The van der Waals surface area contributed by atoms with E-state index < -0.39 is 5.97 Å². The van der Waals surface area contributed by atoms with Crippen molar-refractivity contribution in [1.82, 2.24) is 14.7 Å². The molecule has 0 bridgehead atoms. The molecule has 1 saturated heterocycles. The summed E-state index contributed by atoms with van der Waals surface area (Å²) in [6, 6.07) is 8.98. The number of carboxylic acids is 1. The quantitative estimate of drug-likeness (QED) is 0.849. The summed E-state index contributed by atoms with van der Waals surface area (Å²) in [6.07, 6.45) is 2.58. The van der Waals surface area contributed by atoms with E-state index in [2.05, 4.69) is 18.9 Å². The van der Waals surface area contributed by atoms with Gasteiger partial charge in [-0.3, -0.25) is 9.48 Å². The van der Waals surface area contributed by atoms with Gasteiger partial charge < -0.3 is 10.0 Å². The molecule has 0 saturated carbocycles. The van der Waals surface area contributed by atoms with Crippen LogP contribution in [0.5, 0.6) is 0 Å². The van der Waals surface area contributed by atoms with Crippen LogP contribution in [0, 0.1) is 11.8 Å². The first-order valence-corrected chi connectivity index (χ1v) is 9.48. The van der Waals surface area contributed by atoms with Gasteiger partial charge in [-0.05, 0) is 54.9 Å². The van der Waals surface area contributed by atoms with Crippen LogP contribution in [-0.2, 0) is 19.9 Å². The van der Waals surface area contributed by atoms with Crippen LogP contribution in [-0.4, -0.2) is 44.8 Å². The van der Waals surface area contributed by atoms with Gasteiger partial charge in [-0.15, -0.1) is 0 Å². The summed E-state index contributed by atoms with van der Waals surface area (Å²) in [4.78, 5) is 25.9. The molecule has 3 rings (SSSR count). The number of aryl methyl sites for hydroxylation is 1. The molecule has 0 aliphatic carbocycles. The number of carbonyl (C=O) groups excluding carboxylic acids is 1. The van der Waals surface area contributed by atoms with E-state index >= 15 is 0 Å². The highest BCUT2D eigenvalue weighted by atomic mass is 16.4. The normalized spacial score (nSPS) is 16.9. The van der Waals surface area contributed by atoms with Crippen LogP contribution in [0.25, 0.3) is 0 Å². The van der Waals surface area contributed by atoms with Gasteiger partial charge in [-0.1, -0.05) is 26.0 Å². The van der Waals surface area contributed by atoms with Gasteiger partial charge in [0.05, 0.1) is 11.3 Å². The molecular formula is C21H27N3O3. The smallest absolute Gasteiger partial charge is 0.335 e. The Hall–Kier alpha value is -2.63. The van der Waals surface area contributed by atoms with Crippen molar-refractivity contribution in [2.75, 3.05) is 13.1 Å². The number of nitrogens with zero attached hydrogens (tertiary/aromatic N) is 3. The van der Waals surface area contributed by atoms with Crippen molar-refractivity contribution < 1.29 is 14.7 Å². The molecule has 0 spiro atoms. The van der Waals surface area contributed by atoms with Gasteiger partial charge in [0.1, 0.15) is 5.69 Å². The van der Waals surface area contributed by atoms with Crippen LogP contribution in [0.15, 0.2) is 30.3 Å². The first-order valence-electron chi connectivity index (χ1n) is 9.48. The number of likely N-dealkylation sites (tertiary alicyclic amines) is 1. The number of hydrogen-bond acceptors (Lipinski definition) is 3. The summed E-state index contributed by atoms with van der Waals surface area (Å²) in [5.74, 6) is -0.0304. The largest absolute Gasteiger partial charge is 0.478 e. The van der Waals surface area contributed by atoms with Crippen molar-refractivity contribution >= 4 is 11.9 Å². The van der Waals surface area contributed by atoms with Crippen LogP contribution in [0.3, 0.4) is 0 Å². The highest BCUT2D eigenvalue weighted by molar-refractivity contribution is 5.93.